The maximum atomic E-state index is 8.93. The van der Waals surface area contributed by atoms with Gasteiger partial charge in [0.25, 0.3) is 0 Å². The van der Waals surface area contributed by atoms with Gasteiger partial charge in [0.1, 0.15) is 0 Å². The van der Waals surface area contributed by atoms with Gasteiger partial charge in [0.05, 0.1) is 12.0 Å². The summed E-state index contributed by atoms with van der Waals surface area (Å²) in [5.74, 6) is 0.856. The third kappa shape index (κ3) is 1.73. The van der Waals surface area contributed by atoms with Crippen LogP contribution in [0.3, 0.4) is 0 Å². The van der Waals surface area contributed by atoms with Crippen LogP contribution < -0.4 is 0 Å². The van der Waals surface area contributed by atoms with Crippen molar-refractivity contribution in [3.63, 3.8) is 0 Å². The van der Waals surface area contributed by atoms with Crippen LogP contribution >= 0.6 is 0 Å². The first-order chi connectivity index (χ1) is 7.61. The molecule has 0 heterocycles. The Kier molecular flexibility index (Phi) is 2.76. The second-order valence-corrected chi connectivity index (χ2v) is 5.23. The number of benzene rings is 1. The minimum Gasteiger partial charge on any atom is -0.198 e. The van der Waals surface area contributed by atoms with E-state index in [-0.39, 0.29) is 11.3 Å². The van der Waals surface area contributed by atoms with E-state index in [1.165, 1.54) is 17.5 Å². The molecule has 1 aliphatic carbocycles. The molecule has 1 aromatic carbocycles. The molecule has 0 saturated heterocycles. The largest absolute Gasteiger partial charge is 0.198 e. The third-order valence-corrected chi connectivity index (χ3v) is 4.14. The highest BCUT2D eigenvalue weighted by Gasteiger charge is 2.51. The molecular formula is C15H19N. The fourth-order valence-corrected chi connectivity index (χ4v) is 2.30. The van der Waals surface area contributed by atoms with Gasteiger partial charge in [0.2, 0.25) is 0 Å². The van der Waals surface area contributed by atoms with Crippen LogP contribution in [0.1, 0.15) is 50.7 Å². The molecule has 0 aliphatic heterocycles. The van der Waals surface area contributed by atoms with Crippen LogP contribution in [-0.4, -0.2) is 0 Å². The van der Waals surface area contributed by atoms with E-state index in [2.05, 4.69) is 51.1 Å². The highest BCUT2D eigenvalue weighted by atomic mass is 14.5. The van der Waals surface area contributed by atoms with Crippen molar-refractivity contribution in [1.82, 2.24) is 0 Å². The Morgan fingerprint density at radius 1 is 1.44 bits per heavy atom. The standard InChI is InChI=1S/C15H19N/c1-4-11(2)12-5-7-13(8-6-12)15(3)9-14(15)10-16/h5-8,11,14H,4,9H2,1-3H3. The van der Waals surface area contributed by atoms with Crippen LogP contribution in [0.2, 0.25) is 0 Å². The zero-order valence-corrected chi connectivity index (χ0v) is 10.3. The second kappa shape index (κ2) is 3.94. The maximum absolute atomic E-state index is 8.93. The topological polar surface area (TPSA) is 23.8 Å². The van der Waals surface area contributed by atoms with Crippen LogP contribution in [-0.2, 0) is 5.41 Å². The predicted octanol–water partition coefficient (Wildman–Crippen LogP) is 4.00. The Balaban J connectivity index is 2.18. The Morgan fingerprint density at radius 2 is 2.06 bits per heavy atom. The van der Waals surface area contributed by atoms with Crippen molar-refractivity contribution in [1.29, 1.82) is 5.26 Å². The fraction of sp³-hybridized carbons (Fsp3) is 0.533. The van der Waals surface area contributed by atoms with E-state index in [0.29, 0.717) is 5.92 Å². The monoisotopic (exact) mass is 213 g/mol. The molecule has 3 atom stereocenters. The summed E-state index contributed by atoms with van der Waals surface area (Å²) in [7, 11) is 0. The lowest BCUT2D eigenvalue weighted by Crippen LogP contribution is -2.04. The Labute approximate surface area is 98.1 Å². The van der Waals surface area contributed by atoms with E-state index in [4.69, 9.17) is 5.26 Å². The van der Waals surface area contributed by atoms with Gasteiger partial charge in [-0.15, -0.1) is 0 Å². The van der Waals surface area contributed by atoms with Crippen molar-refractivity contribution >= 4 is 0 Å². The highest BCUT2D eigenvalue weighted by molar-refractivity contribution is 5.38. The van der Waals surface area contributed by atoms with Gasteiger partial charge in [-0.1, -0.05) is 45.0 Å². The maximum Gasteiger partial charge on any atom is 0.0665 e. The van der Waals surface area contributed by atoms with Crippen molar-refractivity contribution in [2.75, 3.05) is 0 Å². The Bertz CT molecular complexity index is 412. The van der Waals surface area contributed by atoms with E-state index in [9.17, 15) is 0 Å². The molecule has 0 amide bonds. The molecule has 84 valence electrons. The van der Waals surface area contributed by atoms with Gasteiger partial charge in [-0.3, -0.25) is 0 Å². The molecule has 0 bridgehead atoms. The molecule has 2 rings (SSSR count). The summed E-state index contributed by atoms with van der Waals surface area (Å²) in [6, 6.07) is 11.2. The van der Waals surface area contributed by atoms with Crippen LogP contribution in [0.5, 0.6) is 0 Å². The summed E-state index contributed by atoms with van der Waals surface area (Å²) >= 11 is 0. The number of nitriles is 1. The van der Waals surface area contributed by atoms with Crippen LogP contribution in [0.25, 0.3) is 0 Å². The summed E-state index contributed by atoms with van der Waals surface area (Å²) in [6.45, 7) is 6.66. The summed E-state index contributed by atoms with van der Waals surface area (Å²) in [6.07, 6.45) is 2.20. The Morgan fingerprint density at radius 3 is 2.50 bits per heavy atom. The lowest BCUT2D eigenvalue weighted by molar-refractivity contribution is 0.721. The summed E-state index contributed by atoms with van der Waals surface area (Å²) in [4.78, 5) is 0. The summed E-state index contributed by atoms with van der Waals surface area (Å²) in [5, 5.41) is 8.93. The smallest absolute Gasteiger partial charge is 0.0665 e. The van der Waals surface area contributed by atoms with Crippen molar-refractivity contribution in [3.05, 3.63) is 35.4 Å². The number of nitrogens with zero attached hydrogens (tertiary/aromatic N) is 1. The fourth-order valence-electron chi connectivity index (χ4n) is 2.30. The quantitative estimate of drug-likeness (QED) is 0.744. The van der Waals surface area contributed by atoms with E-state index >= 15 is 0 Å². The normalized spacial score (nSPS) is 29.5. The van der Waals surface area contributed by atoms with E-state index in [1.54, 1.807) is 0 Å². The van der Waals surface area contributed by atoms with Gasteiger partial charge < -0.3 is 0 Å². The first kappa shape index (κ1) is 11.2. The third-order valence-electron chi connectivity index (χ3n) is 4.14. The van der Waals surface area contributed by atoms with Crippen LogP contribution in [0.4, 0.5) is 0 Å². The summed E-state index contributed by atoms with van der Waals surface area (Å²) < 4.78 is 0. The minimum absolute atomic E-state index is 0.128. The molecule has 0 radical (unpaired) electrons. The summed E-state index contributed by atoms with van der Waals surface area (Å²) in [5.41, 5.74) is 2.86. The van der Waals surface area contributed by atoms with E-state index in [1.807, 2.05) is 0 Å². The van der Waals surface area contributed by atoms with Crippen molar-refractivity contribution in [2.45, 2.75) is 44.9 Å². The first-order valence-electron chi connectivity index (χ1n) is 6.12. The molecule has 16 heavy (non-hydrogen) atoms. The van der Waals surface area contributed by atoms with Crippen molar-refractivity contribution in [3.8, 4) is 6.07 Å². The molecule has 1 aromatic rings. The molecule has 3 unspecified atom stereocenters. The van der Waals surface area contributed by atoms with Crippen LogP contribution in [0.15, 0.2) is 24.3 Å². The highest BCUT2D eigenvalue weighted by Crippen LogP contribution is 2.53. The molecule has 1 aliphatic rings. The molecule has 1 fully saturated rings. The van der Waals surface area contributed by atoms with Gasteiger partial charge in [-0.2, -0.15) is 5.26 Å². The average molecular weight is 213 g/mol. The number of hydrogen-bond acceptors (Lipinski definition) is 1. The number of rotatable bonds is 3. The van der Waals surface area contributed by atoms with Gasteiger partial charge in [-0.25, -0.2) is 0 Å². The first-order valence-corrected chi connectivity index (χ1v) is 6.12. The van der Waals surface area contributed by atoms with Crippen molar-refractivity contribution < 1.29 is 0 Å². The lowest BCUT2D eigenvalue weighted by Gasteiger charge is -2.13. The van der Waals surface area contributed by atoms with Crippen molar-refractivity contribution in [2.24, 2.45) is 5.92 Å². The van der Waals surface area contributed by atoms with Gasteiger partial charge in [0, 0.05) is 5.41 Å². The van der Waals surface area contributed by atoms with E-state index < -0.39 is 0 Å². The SMILES string of the molecule is CCC(C)c1ccc(C2(C)CC2C#N)cc1. The van der Waals surface area contributed by atoms with Gasteiger partial charge >= 0.3 is 0 Å². The molecule has 1 heteroatoms. The van der Waals surface area contributed by atoms with Gasteiger partial charge in [0.15, 0.2) is 0 Å². The minimum atomic E-state index is 0.128. The Hall–Kier alpha value is -1.29. The zero-order valence-electron chi connectivity index (χ0n) is 10.3. The lowest BCUT2D eigenvalue weighted by atomic mass is 9.91. The second-order valence-electron chi connectivity index (χ2n) is 5.23. The molecule has 0 aromatic heterocycles. The predicted molar refractivity (Wildman–Crippen MR) is 66.2 cm³/mol. The molecule has 0 N–H and O–H groups in total. The molecular weight excluding hydrogens is 194 g/mol. The molecule has 1 saturated carbocycles. The molecule has 0 spiro atoms. The van der Waals surface area contributed by atoms with E-state index in [0.717, 1.165) is 6.42 Å². The average Bonchev–Trinajstić information content (AvgIpc) is 3.01. The van der Waals surface area contributed by atoms with Gasteiger partial charge in [-0.05, 0) is 29.9 Å². The molecule has 1 nitrogen and oxygen atoms in total. The zero-order chi connectivity index (χ0) is 11.8. The number of hydrogen-bond donors (Lipinski definition) is 0. The van der Waals surface area contributed by atoms with Crippen LogP contribution in [0, 0.1) is 17.2 Å².